The van der Waals surface area contributed by atoms with Crippen molar-refractivity contribution in [2.24, 2.45) is 9.98 Å². The molecule has 10 heteroatoms. The van der Waals surface area contributed by atoms with Gasteiger partial charge in [0, 0.05) is 23.9 Å². The minimum atomic E-state index is -4.64. The second-order valence-electron chi connectivity index (χ2n) is 12.1. The van der Waals surface area contributed by atoms with E-state index < -0.39 is 23.5 Å². The molecule has 1 aliphatic heterocycles. The van der Waals surface area contributed by atoms with Crippen LogP contribution in [-0.2, 0) is 28.9 Å². The van der Waals surface area contributed by atoms with Crippen LogP contribution in [0.1, 0.15) is 65.8 Å². The van der Waals surface area contributed by atoms with Gasteiger partial charge in [0.25, 0.3) is 0 Å². The number of rotatable bonds is 5. The monoisotopic (exact) mass is 621 g/mol. The minimum Gasteiger partial charge on any atom is -0.471 e. The molecule has 0 fully saturated rings. The first kappa shape index (κ1) is 30.4. The summed E-state index contributed by atoms with van der Waals surface area (Å²) in [5.41, 5.74) is 2.00. The summed E-state index contributed by atoms with van der Waals surface area (Å²) < 4.78 is 88.8. The van der Waals surface area contributed by atoms with E-state index in [1.165, 1.54) is 18.3 Å². The molecule has 0 saturated heterocycles. The summed E-state index contributed by atoms with van der Waals surface area (Å²) in [5, 5.41) is 3.05. The summed E-state index contributed by atoms with van der Waals surface area (Å²) in [5.74, 6) is 0.0364. The van der Waals surface area contributed by atoms with Gasteiger partial charge in [-0.1, -0.05) is 63.2 Å². The van der Waals surface area contributed by atoms with Crippen molar-refractivity contribution >= 4 is 29.2 Å². The number of nitrogens with zero attached hydrogens (tertiary/aromatic N) is 2. The van der Waals surface area contributed by atoms with Gasteiger partial charge in [-0.25, -0.2) is 4.99 Å². The van der Waals surface area contributed by atoms with Crippen LogP contribution in [0.15, 0.2) is 94.9 Å². The van der Waals surface area contributed by atoms with E-state index in [4.69, 9.17) is 4.74 Å². The first-order valence-corrected chi connectivity index (χ1v) is 14.3. The van der Waals surface area contributed by atoms with Gasteiger partial charge >= 0.3 is 12.4 Å². The molecule has 0 radical (unpaired) electrons. The van der Waals surface area contributed by atoms with Gasteiger partial charge in [0.05, 0.1) is 28.1 Å². The van der Waals surface area contributed by atoms with Gasteiger partial charge in [0.1, 0.15) is 12.1 Å². The fourth-order valence-electron chi connectivity index (χ4n) is 5.70. The Morgan fingerprint density at radius 2 is 1.44 bits per heavy atom. The highest BCUT2D eigenvalue weighted by Gasteiger charge is 2.41. The molecular formula is C35H29F6N3O. The zero-order valence-corrected chi connectivity index (χ0v) is 24.6. The van der Waals surface area contributed by atoms with Crippen molar-refractivity contribution in [3.8, 4) is 0 Å². The van der Waals surface area contributed by atoms with Crippen LogP contribution in [0.5, 0.6) is 0 Å². The fraction of sp³-hybridized carbons (Fsp3) is 0.257. The molecule has 1 heterocycles. The molecule has 4 aromatic rings. The first-order valence-electron chi connectivity index (χ1n) is 14.3. The maximum absolute atomic E-state index is 13.8. The van der Waals surface area contributed by atoms with Gasteiger partial charge in [0.15, 0.2) is 0 Å². The predicted octanol–water partition coefficient (Wildman–Crippen LogP) is 9.96. The van der Waals surface area contributed by atoms with E-state index in [1.807, 2.05) is 57.2 Å². The lowest BCUT2D eigenvalue weighted by Crippen LogP contribution is -2.16. The van der Waals surface area contributed by atoms with Crippen molar-refractivity contribution in [2.75, 3.05) is 5.32 Å². The maximum atomic E-state index is 13.8. The highest BCUT2D eigenvalue weighted by Crippen LogP contribution is 2.43. The Morgan fingerprint density at radius 1 is 0.800 bits per heavy atom. The number of ether oxygens (including phenoxy) is 1. The number of hydrogen-bond acceptors (Lipinski definition) is 4. The van der Waals surface area contributed by atoms with Gasteiger partial charge in [0.2, 0.25) is 5.90 Å². The van der Waals surface area contributed by atoms with Gasteiger partial charge in [-0.05, 0) is 64.6 Å². The Hall–Kier alpha value is -4.60. The number of aliphatic imine (C=N–C) groups is 2. The number of hydrogen-bond donors (Lipinski definition) is 1. The number of alkyl halides is 6. The summed E-state index contributed by atoms with van der Waals surface area (Å²) in [6, 6.07) is 20.9. The lowest BCUT2D eigenvalue weighted by Gasteiger charge is -2.21. The average molecular weight is 622 g/mol. The molecule has 0 saturated carbocycles. The number of benzene rings is 4. The van der Waals surface area contributed by atoms with Crippen molar-refractivity contribution in [3.63, 3.8) is 0 Å². The molecule has 0 aromatic heterocycles. The SMILES string of the molecule is CC(C)(C)c1ccccc1N=Cc1cc(C(F)(F)F)ccc1Nc1ccc(C(F)(F)F)cc1C1=NC2c3ccccc3C[C@H]2O1. The van der Waals surface area contributed by atoms with Crippen LogP contribution in [0, 0.1) is 0 Å². The van der Waals surface area contributed by atoms with Crippen LogP contribution in [0.25, 0.3) is 0 Å². The van der Waals surface area contributed by atoms with Crippen LogP contribution < -0.4 is 5.32 Å². The number of halogens is 6. The van der Waals surface area contributed by atoms with Crippen molar-refractivity contribution in [3.05, 3.63) is 124 Å². The van der Waals surface area contributed by atoms with Crippen molar-refractivity contribution < 1.29 is 31.1 Å². The second-order valence-corrected chi connectivity index (χ2v) is 12.1. The molecule has 0 bridgehead atoms. The molecular weight excluding hydrogens is 592 g/mol. The van der Waals surface area contributed by atoms with Crippen LogP contribution in [0.4, 0.5) is 43.4 Å². The van der Waals surface area contributed by atoms with E-state index in [9.17, 15) is 26.3 Å². The third-order valence-corrected chi connectivity index (χ3v) is 7.95. The molecule has 0 spiro atoms. The van der Waals surface area contributed by atoms with Crippen LogP contribution >= 0.6 is 0 Å². The molecule has 2 aliphatic rings. The predicted molar refractivity (Wildman–Crippen MR) is 163 cm³/mol. The molecule has 0 amide bonds. The van der Waals surface area contributed by atoms with Gasteiger partial charge < -0.3 is 10.1 Å². The summed E-state index contributed by atoms with van der Waals surface area (Å²) in [7, 11) is 0. The smallest absolute Gasteiger partial charge is 0.416 e. The van der Waals surface area contributed by atoms with Gasteiger partial charge in [-0.2, -0.15) is 26.3 Å². The number of anilines is 2. The largest absolute Gasteiger partial charge is 0.471 e. The van der Waals surface area contributed by atoms with E-state index in [2.05, 4.69) is 15.3 Å². The van der Waals surface area contributed by atoms with Gasteiger partial charge in [-0.3, -0.25) is 4.99 Å². The van der Waals surface area contributed by atoms with Crippen LogP contribution in [0.2, 0.25) is 0 Å². The van der Waals surface area contributed by atoms with E-state index in [0.717, 1.165) is 41.0 Å². The molecule has 4 aromatic carbocycles. The highest BCUT2D eigenvalue weighted by atomic mass is 19.4. The van der Waals surface area contributed by atoms with E-state index >= 15 is 0 Å². The number of fused-ring (bicyclic) bond motifs is 3. The number of para-hydroxylation sites is 1. The Balaban J connectivity index is 1.42. The Labute approximate surface area is 256 Å². The van der Waals surface area contributed by atoms with Gasteiger partial charge in [-0.15, -0.1) is 0 Å². The summed E-state index contributed by atoms with van der Waals surface area (Å²) in [6.07, 6.45) is -7.73. The third-order valence-electron chi connectivity index (χ3n) is 7.95. The highest BCUT2D eigenvalue weighted by molar-refractivity contribution is 6.02. The summed E-state index contributed by atoms with van der Waals surface area (Å²) in [4.78, 5) is 9.22. The maximum Gasteiger partial charge on any atom is 0.416 e. The molecule has 1 unspecified atom stereocenters. The second kappa shape index (κ2) is 11.1. The molecule has 45 heavy (non-hydrogen) atoms. The summed E-state index contributed by atoms with van der Waals surface area (Å²) in [6.45, 7) is 6.02. The summed E-state index contributed by atoms with van der Waals surface area (Å²) >= 11 is 0. The van der Waals surface area contributed by atoms with Crippen molar-refractivity contribution in [1.29, 1.82) is 0 Å². The molecule has 232 valence electrons. The average Bonchev–Trinajstić information content (AvgIpc) is 3.54. The standard InChI is InChI=1S/C35H29F6N3O/c1-33(2,3)26-10-6-7-11-29(26)42-19-21-16-22(34(36,37)38)12-14-27(21)43-28-15-13-23(35(39,40)41)18-25(28)32-44-31-24-9-5-4-8-20(24)17-30(31)45-32/h4-16,18-19,30-31,43H,17H2,1-3H3/t30-,31?/m1/s1. The molecule has 6 rings (SSSR count). The Kier molecular flexibility index (Phi) is 7.49. The van der Waals surface area contributed by atoms with E-state index in [0.29, 0.717) is 12.1 Å². The topological polar surface area (TPSA) is 46.0 Å². The Morgan fingerprint density at radius 3 is 2.16 bits per heavy atom. The van der Waals surface area contributed by atoms with Crippen molar-refractivity contribution in [2.45, 2.75) is 57.1 Å². The molecule has 4 nitrogen and oxygen atoms in total. The fourth-order valence-corrected chi connectivity index (χ4v) is 5.70. The quantitative estimate of drug-likeness (QED) is 0.178. The first-order chi connectivity index (χ1) is 21.2. The normalized spacial score (nSPS) is 18.0. The lowest BCUT2D eigenvalue weighted by atomic mass is 9.86. The third kappa shape index (κ3) is 6.18. The van der Waals surface area contributed by atoms with Crippen LogP contribution in [-0.4, -0.2) is 18.2 Å². The minimum absolute atomic E-state index is 0.0364. The Bertz CT molecular complexity index is 1820. The van der Waals surface area contributed by atoms with E-state index in [1.54, 1.807) is 12.1 Å². The van der Waals surface area contributed by atoms with E-state index in [-0.39, 0.29) is 46.0 Å². The van der Waals surface area contributed by atoms with Crippen LogP contribution in [0.3, 0.4) is 0 Å². The van der Waals surface area contributed by atoms with Crippen molar-refractivity contribution in [1.82, 2.24) is 0 Å². The molecule has 1 N–H and O–H groups in total. The molecule has 2 atom stereocenters. The lowest BCUT2D eigenvalue weighted by molar-refractivity contribution is -0.138. The number of nitrogens with one attached hydrogen (secondary N) is 1. The zero-order valence-electron chi connectivity index (χ0n) is 24.6. The molecule has 1 aliphatic carbocycles. The zero-order chi connectivity index (χ0) is 32.1.